The van der Waals surface area contributed by atoms with Crippen LogP contribution in [-0.2, 0) is 17.8 Å². The van der Waals surface area contributed by atoms with Crippen molar-refractivity contribution in [2.24, 2.45) is 0 Å². The Labute approximate surface area is 125 Å². The SMILES string of the molecule is O=C(NCCCn1cccn1)[C@H]1CCCc2ccccc21. The number of benzene rings is 1. The zero-order valence-electron chi connectivity index (χ0n) is 12.2. The van der Waals surface area contributed by atoms with Gasteiger partial charge in [0.2, 0.25) is 5.91 Å². The second-order valence-corrected chi connectivity index (χ2v) is 5.56. The van der Waals surface area contributed by atoms with Gasteiger partial charge in [-0.1, -0.05) is 24.3 Å². The lowest BCUT2D eigenvalue weighted by Gasteiger charge is -2.24. The third kappa shape index (κ3) is 3.32. The lowest BCUT2D eigenvalue weighted by atomic mass is 9.82. The van der Waals surface area contributed by atoms with E-state index >= 15 is 0 Å². The topological polar surface area (TPSA) is 46.9 Å². The van der Waals surface area contributed by atoms with Crippen molar-refractivity contribution in [1.29, 1.82) is 0 Å². The minimum Gasteiger partial charge on any atom is -0.356 e. The van der Waals surface area contributed by atoms with E-state index in [2.05, 4.69) is 28.6 Å². The molecule has 4 heteroatoms. The highest BCUT2D eigenvalue weighted by molar-refractivity contribution is 5.84. The largest absolute Gasteiger partial charge is 0.356 e. The fourth-order valence-electron chi connectivity index (χ4n) is 3.03. The molecule has 1 aliphatic rings. The van der Waals surface area contributed by atoms with Crippen molar-refractivity contribution in [3.63, 3.8) is 0 Å². The standard InChI is InChI=1S/C17H21N3O/c21-17(18-10-4-12-20-13-5-11-19-20)16-9-3-7-14-6-1-2-8-15(14)16/h1-2,5-6,8,11,13,16H,3-4,7,9-10,12H2,(H,18,21)/t16-/m0/s1. The van der Waals surface area contributed by atoms with Gasteiger partial charge in [0.05, 0.1) is 5.92 Å². The molecule has 0 bridgehead atoms. The van der Waals surface area contributed by atoms with Gasteiger partial charge in [0.1, 0.15) is 0 Å². The zero-order chi connectivity index (χ0) is 14.5. The Kier molecular flexibility index (Phi) is 4.34. The van der Waals surface area contributed by atoms with Gasteiger partial charge in [-0.25, -0.2) is 0 Å². The quantitative estimate of drug-likeness (QED) is 0.857. The molecule has 1 heterocycles. The fourth-order valence-corrected chi connectivity index (χ4v) is 3.03. The van der Waals surface area contributed by atoms with Crippen molar-refractivity contribution < 1.29 is 4.79 Å². The number of carbonyl (C=O) groups excluding carboxylic acids is 1. The predicted octanol–water partition coefficient (Wildman–Crippen LogP) is 2.51. The van der Waals surface area contributed by atoms with Crippen LogP contribution in [0.3, 0.4) is 0 Å². The first-order valence-corrected chi connectivity index (χ1v) is 7.67. The molecule has 1 aliphatic carbocycles. The molecule has 3 rings (SSSR count). The van der Waals surface area contributed by atoms with Crippen LogP contribution in [0.1, 0.15) is 36.3 Å². The Morgan fingerprint density at radius 2 is 2.24 bits per heavy atom. The van der Waals surface area contributed by atoms with E-state index in [1.165, 1.54) is 11.1 Å². The van der Waals surface area contributed by atoms with E-state index < -0.39 is 0 Å². The highest BCUT2D eigenvalue weighted by atomic mass is 16.1. The number of hydrogen-bond donors (Lipinski definition) is 1. The average molecular weight is 283 g/mol. The molecule has 1 aromatic heterocycles. The summed E-state index contributed by atoms with van der Waals surface area (Å²) in [6.07, 6.45) is 7.78. The van der Waals surface area contributed by atoms with Crippen LogP contribution in [0, 0.1) is 0 Å². The second-order valence-electron chi connectivity index (χ2n) is 5.56. The van der Waals surface area contributed by atoms with Gasteiger partial charge in [-0.15, -0.1) is 0 Å². The number of fused-ring (bicyclic) bond motifs is 1. The first-order valence-electron chi connectivity index (χ1n) is 7.67. The summed E-state index contributed by atoms with van der Waals surface area (Å²) in [5.41, 5.74) is 2.55. The lowest BCUT2D eigenvalue weighted by molar-refractivity contribution is -0.122. The fraction of sp³-hybridized carbons (Fsp3) is 0.412. The molecule has 21 heavy (non-hydrogen) atoms. The highest BCUT2D eigenvalue weighted by Crippen LogP contribution is 2.31. The van der Waals surface area contributed by atoms with Crippen LogP contribution < -0.4 is 5.32 Å². The molecule has 1 amide bonds. The maximum Gasteiger partial charge on any atom is 0.227 e. The van der Waals surface area contributed by atoms with Gasteiger partial charge in [0.25, 0.3) is 0 Å². The predicted molar refractivity (Wildman–Crippen MR) is 82.0 cm³/mol. The van der Waals surface area contributed by atoms with Crippen molar-refractivity contribution in [2.75, 3.05) is 6.54 Å². The van der Waals surface area contributed by atoms with Crippen molar-refractivity contribution in [3.8, 4) is 0 Å². The monoisotopic (exact) mass is 283 g/mol. The van der Waals surface area contributed by atoms with Crippen LogP contribution in [-0.4, -0.2) is 22.2 Å². The highest BCUT2D eigenvalue weighted by Gasteiger charge is 2.25. The van der Waals surface area contributed by atoms with Crippen molar-refractivity contribution in [2.45, 2.75) is 38.1 Å². The zero-order valence-corrected chi connectivity index (χ0v) is 12.2. The van der Waals surface area contributed by atoms with Gasteiger partial charge in [-0.2, -0.15) is 5.10 Å². The summed E-state index contributed by atoms with van der Waals surface area (Å²) in [7, 11) is 0. The van der Waals surface area contributed by atoms with Crippen LogP contribution in [0.4, 0.5) is 0 Å². The summed E-state index contributed by atoms with van der Waals surface area (Å²) in [6.45, 7) is 1.55. The molecule has 0 aliphatic heterocycles. The molecule has 0 fully saturated rings. The number of rotatable bonds is 5. The Morgan fingerprint density at radius 3 is 3.10 bits per heavy atom. The molecule has 0 saturated carbocycles. The Hall–Kier alpha value is -2.10. The van der Waals surface area contributed by atoms with Crippen molar-refractivity contribution >= 4 is 5.91 Å². The summed E-state index contributed by atoms with van der Waals surface area (Å²) < 4.78 is 1.89. The maximum atomic E-state index is 12.4. The molecule has 2 aromatic rings. The Bertz CT molecular complexity index is 592. The number of amides is 1. The third-order valence-corrected chi connectivity index (χ3v) is 4.11. The smallest absolute Gasteiger partial charge is 0.227 e. The van der Waals surface area contributed by atoms with Gasteiger partial charge in [0.15, 0.2) is 0 Å². The summed E-state index contributed by atoms with van der Waals surface area (Å²) in [5.74, 6) is 0.197. The summed E-state index contributed by atoms with van der Waals surface area (Å²) >= 11 is 0. The van der Waals surface area contributed by atoms with Crippen molar-refractivity contribution in [3.05, 3.63) is 53.9 Å². The first-order chi connectivity index (χ1) is 10.3. The molecule has 0 radical (unpaired) electrons. The number of carbonyl (C=O) groups is 1. The Balaban J connectivity index is 1.52. The van der Waals surface area contributed by atoms with Gasteiger partial charge in [-0.05, 0) is 42.9 Å². The van der Waals surface area contributed by atoms with Gasteiger partial charge < -0.3 is 5.32 Å². The number of nitrogens with one attached hydrogen (secondary N) is 1. The van der Waals surface area contributed by atoms with E-state index in [9.17, 15) is 4.79 Å². The number of hydrogen-bond acceptors (Lipinski definition) is 2. The summed E-state index contributed by atoms with van der Waals surface area (Å²) in [6, 6.07) is 10.2. The molecule has 0 saturated heterocycles. The molecule has 0 spiro atoms. The van der Waals surface area contributed by atoms with E-state index in [-0.39, 0.29) is 11.8 Å². The summed E-state index contributed by atoms with van der Waals surface area (Å²) in [4.78, 5) is 12.4. The normalized spacial score (nSPS) is 17.2. The maximum absolute atomic E-state index is 12.4. The van der Waals surface area contributed by atoms with Crippen molar-refractivity contribution in [1.82, 2.24) is 15.1 Å². The van der Waals surface area contributed by atoms with E-state index in [0.29, 0.717) is 6.54 Å². The minimum atomic E-state index is 0.0275. The van der Waals surface area contributed by atoms with Crippen LogP contribution in [0.15, 0.2) is 42.7 Å². The van der Waals surface area contributed by atoms with E-state index in [4.69, 9.17) is 0 Å². The van der Waals surface area contributed by atoms with E-state index in [1.807, 2.05) is 23.0 Å². The molecule has 1 atom stereocenters. The third-order valence-electron chi connectivity index (χ3n) is 4.11. The molecular weight excluding hydrogens is 262 g/mol. The Morgan fingerprint density at radius 1 is 1.33 bits per heavy atom. The van der Waals surface area contributed by atoms with Crippen LogP contribution in [0.25, 0.3) is 0 Å². The minimum absolute atomic E-state index is 0.0275. The first kappa shape index (κ1) is 13.9. The van der Waals surface area contributed by atoms with Gasteiger partial charge in [-0.3, -0.25) is 9.48 Å². The second kappa shape index (κ2) is 6.57. The molecule has 4 nitrogen and oxygen atoms in total. The average Bonchev–Trinajstić information content (AvgIpc) is 3.04. The lowest BCUT2D eigenvalue weighted by Crippen LogP contribution is -2.32. The molecule has 110 valence electrons. The molecular formula is C17H21N3O. The van der Waals surface area contributed by atoms with Crippen LogP contribution >= 0.6 is 0 Å². The van der Waals surface area contributed by atoms with Crippen LogP contribution in [0.5, 0.6) is 0 Å². The number of nitrogens with zero attached hydrogens (tertiary/aromatic N) is 2. The van der Waals surface area contributed by atoms with Gasteiger partial charge >= 0.3 is 0 Å². The van der Waals surface area contributed by atoms with Gasteiger partial charge in [0, 0.05) is 25.5 Å². The molecule has 0 unspecified atom stereocenters. The molecule has 1 aromatic carbocycles. The van der Waals surface area contributed by atoms with E-state index in [1.54, 1.807) is 6.20 Å². The number of aromatic nitrogens is 2. The molecule has 1 N–H and O–H groups in total. The van der Waals surface area contributed by atoms with Crippen LogP contribution in [0.2, 0.25) is 0 Å². The number of aryl methyl sites for hydroxylation is 2. The van der Waals surface area contributed by atoms with E-state index in [0.717, 1.165) is 32.2 Å². The summed E-state index contributed by atoms with van der Waals surface area (Å²) in [5, 5.41) is 7.23.